The average Bonchev–Trinajstić information content (AvgIpc) is 2.77. The summed E-state index contributed by atoms with van der Waals surface area (Å²) in [6, 6.07) is -0.128. The lowest BCUT2D eigenvalue weighted by Crippen LogP contribution is -2.36. The van der Waals surface area contributed by atoms with Crippen molar-refractivity contribution in [1.82, 2.24) is 14.3 Å². The van der Waals surface area contributed by atoms with Gasteiger partial charge < -0.3 is 10.3 Å². The van der Waals surface area contributed by atoms with E-state index in [4.69, 9.17) is 5.73 Å². The number of nitrogens with one attached hydrogen (secondary N) is 1. The summed E-state index contributed by atoms with van der Waals surface area (Å²) < 4.78 is 28.3. The number of hydrogen-bond acceptors (Lipinski definition) is 4. The predicted molar refractivity (Wildman–Crippen MR) is 66.0 cm³/mol. The van der Waals surface area contributed by atoms with Gasteiger partial charge in [0.05, 0.1) is 6.33 Å². The summed E-state index contributed by atoms with van der Waals surface area (Å²) in [5.41, 5.74) is 5.43. The molecule has 98 valence electrons. The minimum Gasteiger partial charge on any atom is -0.336 e. The molecule has 0 aliphatic carbocycles. The van der Waals surface area contributed by atoms with Crippen LogP contribution in [0.3, 0.4) is 0 Å². The minimum atomic E-state index is -3.52. The fourth-order valence-corrected chi connectivity index (χ4v) is 2.78. The van der Waals surface area contributed by atoms with Crippen molar-refractivity contribution < 1.29 is 8.42 Å². The fourth-order valence-electron chi connectivity index (χ4n) is 1.48. The van der Waals surface area contributed by atoms with Gasteiger partial charge in [-0.25, -0.2) is 18.1 Å². The van der Waals surface area contributed by atoms with Crippen LogP contribution in [-0.2, 0) is 16.6 Å². The fraction of sp³-hybridized carbons (Fsp3) is 0.700. The van der Waals surface area contributed by atoms with E-state index in [1.165, 1.54) is 12.5 Å². The van der Waals surface area contributed by atoms with Crippen molar-refractivity contribution in [2.24, 2.45) is 5.73 Å². The summed E-state index contributed by atoms with van der Waals surface area (Å²) in [7, 11) is -3.52. The van der Waals surface area contributed by atoms with E-state index in [-0.39, 0.29) is 11.1 Å². The number of nitrogens with two attached hydrogens (primary N) is 1. The van der Waals surface area contributed by atoms with Crippen LogP contribution in [0.1, 0.15) is 26.7 Å². The highest BCUT2D eigenvalue weighted by atomic mass is 32.2. The SMILES string of the molecule is CCC(CCN)NS(=O)(=O)c1cn(CC)cn1. The summed E-state index contributed by atoms with van der Waals surface area (Å²) in [4.78, 5) is 3.89. The van der Waals surface area contributed by atoms with Crippen LogP contribution >= 0.6 is 0 Å². The third-order valence-corrected chi connectivity index (χ3v) is 3.98. The number of aryl methyl sites for hydroxylation is 1. The average molecular weight is 260 g/mol. The summed E-state index contributed by atoms with van der Waals surface area (Å²) in [6.07, 6.45) is 4.38. The Balaban J connectivity index is 2.80. The van der Waals surface area contributed by atoms with E-state index in [0.717, 1.165) is 0 Å². The van der Waals surface area contributed by atoms with Crippen LogP contribution in [0.2, 0.25) is 0 Å². The lowest BCUT2D eigenvalue weighted by molar-refractivity contribution is 0.519. The zero-order valence-electron chi connectivity index (χ0n) is 10.3. The monoisotopic (exact) mass is 260 g/mol. The maximum atomic E-state index is 12.0. The quantitative estimate of drug-likeness (QED) is 0.738. The van der Waals surface area contributed by atoms with Crippen molar-refractivity contribution in [1.29, 1.82) is 0 Å². The molecule has 0 aliphatic heterocycles. The highest BCUT2D eigenvalue weighted by Gasteiger charge is 2.20. The van der Waals surface area contributed by atoms with Gasteiger partial charge in [0.2, 0.25) is 0 Å². The molecule has 1 aromatic heterocycles. The number of imidazole rings is 1. The Morgan fingerprint density at radius 1 is 1.53 bits per heavy atom. The largest absolute Gasteiger partial charge is 0.336 e. The minimum absolute atomic E-state index is 0.0646. The van der Waals surface area contributed by atoms with Gasteiger partial charge in [-0.1, -0.05) is 6.92 Å². The molecule has 1 rings (SSSR count). The second-order valence-electron chi connectivity index (χ2n) is 3.85. The molecule has 17 heavy (non-hydrogen) atoms. The van der Waals surface area contributed by atoms with Crippen molar-refractivity contribution >= 4 is 10.0 Å². The lowest BCUT2D eigenvalue weighted by atomic mass is 10.2. The van der Waals surface area contributed by atoms with Crippen molar-refractivity contribution in [3.8, 4) is 0 Å². The molecule has 0 saturated carbocycles. The second-order valence-corrected chi connectivity index (χ2v) is 5.51. The molecule has 0 spiro atoms. The summed E-state index contributed by atoms with van der Waals surface area (Å²) in [6.45, 7) is 5.01. The molecule has 0 saturated heterocycles. The van der Waals surface area contributed by atoms with Crippen molar-refractivity contribution in [2.75, 3.05) is 6.54 Å². The molecule has 0 fully saturated rings. The van der Waals surface area contributed by atoms with E-state index in [1.807, 2.05) is 13.8 Å². The van der Waals surface area contributed by atoms with Gasteiger partial charge in [-0.3, -0.25) is 0 Å². The van der Waals surface area contributed by atoms with Gasteiger partial charge in [0.25, 0.3) is 10.0 Å². The number of sulfonamides is 1. The van der Waals surface area contributed by atoms with Gasteiger partial charge in [-0.2, -0.15) is 0 Å². The zero-order chi connectivity index (χ0) is 12.9. The van der Waals surface area contributed by atoms with Crippen LogP contribution in [0.15, 0.2) is 17.6 Å². The molecule has 3 N–H and O–H groups in total. The van der Waals surface area contributed by atoms with Gasteiger partial charge >= 0.3 is 0 Å². The van der Waals surface area contributed by atoms with Gasteiger partial charge in [0, 0.05) is 18.8 Å². The first-order chi connectivity index (χ1) is 8.03. The number of rotatable bonds is 7. The Kier molecular flexibility index (Phi) is 5.10. The van der Waals surface area contributed by atoms with E-state index < -0.39 is 10.0 Å². The molecule has 1 aromatic rings. The molecule has 1 atom stereocenters. The normalized spacial score (nSPS) is 13.8. The highest BCUT2D eigenvalue weighted by molar-refractivity contribution is 7.89. The summed E-state index contributed by atoms with van der Waals surface area (Å²) in [5.74, 6) is 0. The molecular weight excluding hydrogens is 240 g/mol. The van der Waals surface area contributed by atoms with E-state index in [9.17, 15) is 8.42 Å². The van der Waals surface area contributed by atoms with Crippen LogP contribution < -0.4 is 10.5 Å². The molecule has 0 amide bonds. The molecule has 1 heterocycles. The van der Waals surface area contributed by atoms with E-state index in [0.29, 0.717) is 25.9 Å². The Morgan fingerprint density at radius 2 is 2.24 bits per heavy atom. The third kappa shape index (κ3) is 3.79. The number of nitrogens with zero attached hydrogens (tertiary/aromatic N) is 2. The predicted octanol–water partition coefficient (Wildman–Crippen LogP) is 0.309. The first kappa shape index (κ1) is 14.1. The first-order valence-corrected chi connectivity index (χ1v) is 7.26. The topological polar surface area (TPSA) is 90.0 Å². The lowest BCUT2D eigenvalue weighted by Gasteiger charge is -2.14. The van der Waals surface area contributed by atoms with Crippen LogP contribution in [-0.4, -0.2) is 30.6 Å². The van der Waals surface area contributed by atoms with E-state index in [2.05, 4.69) is 9.71 Å². The van der Waals surface area contributed by atoms with Crippen molar-refractivity contribution in [3.63, 3.8) is 0 Å². The third-order valence-electron chi connectivity index (χ3n) is 2.58. The maximum Gasteiger partial charge on any atom is 0.259 e. The second kappa shape index (κ2) is 6.13. The number of hydrogen-bond donors (Lipinski definition) is 2. The van der Waals surface area contributed by atoms with Crippen LogP contribution in [0.5, 0.6) is 0 Å². The molecule has 0 radical (unpaired) electrons. The molecular formula is C10H20N4O2S. The van der Waals surface area contributed by atoms with Gasteiger partial charge in [-0.15, -0.1) is 0 Å². The molecule has 0 bridgehead atoms. The summed E-state index contributed by atoms with van der Waals surface area (Å²) in [5, 5.41) is 0.0646. The summed E-state index contributed by atoms with van der Waals surface area (Å²) >= 11 is 0. The van der Waals surface area contributed by atoms with Gasteiger partial charge in [-0.05, 0) is 26.3 Å². The maximum absolute atomic E-state index is 12.0. The molecule has 7 heteroatoms. The Bertz CT molecular complexity index is 441. The first-order valence-electron chi connectivity index (χ1n) is 5.77. The Morgan fingerprint density at radius 3 is 2.71 bits per heavy atom. The Hall–Kier alpha value is -0.920. The van der Waals surface area contributed by atoms with E-state index >= 15 is 0 Å². The number of aromatic nitrogens is 2. The van der Waals surface area contributed by atoms with Crippen LogP contribution in [0.4, 0.5) is 0 Å². The molecule has 0 aliphatic rings. The van der Waals surface area contributed by atoms with Crippen molar-refractivity contribution in [2.45, 2.75) is 44.3 Å². The standard InChI is InChI=1S/C10H20N4O2S/c1-3-9(5-6-11)13-17(15,16)10-7-14(4-2)8-12-10/h7-9,13H,3-6,11H2,1-2H3. The molecule has 1 unspecified atom stereocenters. The van der Waals surface area contributed by atoms with Crippen LogP contribution in [0, 0.1) is 0 Å². The highest BCUT2D eigenvalue weighted by Crippen LogP contribution is 2.08. The van der Waals surface area contributed by atoms with Gasteiger partial charge in [0.15, 0.2) is 5.03 Å². The zero-order valence-corrected chi connectivity index (χ0v) is 11.1. The van der Waals surface area contributed by atoms with E-state index in [1.54, 1.807) is 4.57 Å². The Labute approximate surface area is 102 Å². The molecule has 6 nitrogen and oxygen atoms in total. The molecule has 0 aromatic carbocycles. The van der Waals surface area contributed by atoms with Gasteiger partial charge in [0.1, 0.15) is 0 Å². The van der Waals surface area contributed by atoms with Crippen LogP contribution in [0.25, 0.3) is 0 Å². The smallest absolute Gasteiger partial charge is 0.259 e. The van der Waals surface area contributed by atoms with Crippen molar-refractivity contribution in [3.05, 3.63) is 12.5 Å².